The smallest absolute Gasteiger partial charge is 0.315 e. The van der Waals surface area contributed by atoms with Crippen LogP contribution in [0.25, 0.3) is 0 Å². The lowest BCUT2D eigenvalue weighted by molar-refractivity contribution is 0.231. The van der Waals surface area contributed by atoms with Crippen molar-refractivity contribution in [3.05, 3.63) is 60.7 Å². The highest BCUT2D eigenvalue weighted by Crippen LogP contribution is 2.26. The number of benzene rings is 1. The van der Waals surface area contributed by atoms with Gasteiger partial charge in [0.1, 0.15) is 0 Å². The average molecular weight is 358 g/mol. The van der Waals surface area contributed by atoms with E-state index in [9.17, 15) is 9.59 Å². The van der Waals surface area contributed by atoms with Crippen LogP contribution in [-0.4, -0.2) is 25.2 Å². The van der Waals surface area contributed by atoms with E-state index in [1.807, 2.05) is 52.0 Å². The summed E-state index contributed by atoms with van der Waals surface area (Å²) in [7, 11) is 0. The van der Waals surface area contributed by atoms with Crippen molar-refractivity contribution in [3.63, 3.8) is 0 Å². The van der Waals surface area contributed by atoms with Gasteiger partial charge in [-0.3, -0.25) is 0 Å². The zero-order chi connectivity index (χ0) is 19.8. The van der Waals surface area contributed by atoms with Crippen molar-refractivity contribution in [3.8, 4) is 0 Å². The molecule has 0 saturated heterocycles. The summed E-state index contributed by atoms with van der Waals surface area (Å²) in [4.78, 5) is 24.0. The normalized spacial score (nSPS) is 11.2. The third-order valence-electron chi connectivity index (χ3n) is 3.97. The molecule has 0 heterocycles. The predicted octanol–water partition coefficient (Wildman–Crippen LogP) is 3.13. The van der Waals surface area contributed by atoms with Crippen LogP contribution in [0.4, 0.5) is 9.59 Å². The molecule has 0 saturated carbocycles. The Morgan fingerprint density at radius 1 is 0.885 bits per heavy atom. The van der Waals surface area contributed by atoms with E-state index in [4.69, 9.17) is 0 Å². The summed E-state index contributed by atoms with van der Waals surface area (Å²) in [5, 5.41) is 11.3. The van der Waals surface area contributed by atoms with Crippen molar-refractivity contribution in [2.45, 2.75) is 38.8 Å². The minimum Gasteiger partial charge on any atom is -0.335 e. The summed E-state index contributed by atoms with van der Waals surface area (Å²) in [5.41, 5.74) is 0.709. The molecule has 0 aliphatic rings. The van der Waals surface area contributed by atoms with Gasteiger partial charge in [0, 0.05) is 13.1 Å². The second-order valence-corrected chi connectivity index (χ2v) is 7.08. The molecule has 0 aromatic heterocycles. The summed E-state index contributed by atoms with van der Waals surface area (Å²) in [5.74, 6) is 0. The highest BCUT2D eigenvalue weighted by atomic mass is 16.2. The van der Waals surface area contributed by atoms with Crippen molar-refractivity contribution in [1.29, 1.82) is 0 Å². The van der Waals surface area contributed by atoms with Crippen LogP contribution in [-0.2, 0) is 11.1 Å². The maximum absolute atomic E-state index is 12.0. The highest BCUT2D eigenvalue weighted by Gasteiger charge is 2.27. The van der Waals surface area contributed by atoms with Gasteiger partial charge in [-0.15, -0.1) is 13.2 Å². The van der Waals surface area contributed by atoms with E-state index in [0.717, 1.165) is 11.1 Å². The van der Waals surface area contributed by atoms with Gasteiger partial charge in [-0.25, -0.2) is 9.59 Å². The third-order valence-corrected chi connectivity index (χ3v) is 3.97. The maximum Gasteiger partial charge on any atom is 0.315 e. The van der Waals surface area contributed by atoms with E-state index in [-0.39, 0.29) is 12.1 Å². The van der Waals surface area contributed by atoms with Crippen LogP contribution in [0, 0.1) is 0 Å². The minimum atomic E-state index is -0.581. The molecule has 0 bridgehead atoms. The molecule has 0 unspecified atom stereocenters. The molecule has 26 heavy (non-hydrogen) atoms. The SMILES string of the molecule is C=CCNC(=O)NC(C)(C)c1cccc(C(C)(C)NC(=O)NCC=C)c1. The fourth-order valence-electron chi connectivity index (χ4n) is 2.43. The first-order chi connectivity index (χ1) is 12.1. The zero-order valence-electron chi connectivity index (χ0n) is 16.1. The highest BCUT2D eigenvalue weighted by molar-refractivity contribution is 5.75. The summed E-state index contributed by atoms with van der Waals surface area (Å²) in [6.07, 6.45) is 3.25. The van der Waals surface area contributed by atoms with Crippen LogP contribution in [0.3, 0.4) is 0 Å². The van der Waals surface area contributed by atoms with Crippen LogP contribution < -0.4 is 21.3 Å². The van der Waals surface area contributed by atoms with E-state index in [2.05, 4.69) is 34.4 Å². The molecule has 0 aliphatic heterocycles. The van der Waals surface area contributed by atoms with Gasteiger partial charge in [0.2, 0.25) is 0 Å². The Morgan fingerprint density at radius 2 is 1.27 bits per heavy atom. The maximum atomic E-state index is 12.0. The molecule has 0 atom stereocenters. The minimum absolute atomic E-state index is 0.263. The molecule has 1 aromatic rings. The Hall–Kier alpha value is -2.76. The van der Waals surface area contributed by atoms with Crippen LogP contribution >= 0.6 is 0 Å². The number of urea groups is 2. The lowest BCUT2D eigenvalue weighted by Crippen LogP contribution is -2.47. The molecule has 6 heteroatoms. The summed E-state index contributed by atoms with van der Waals surface area (Å²) >= 11 is 0. The molecule has 142 valence electrons. The second kappa shape index (κ2) is 9.08. The molecule has 0 radical (unpaired) electrons. The van der Waals surface area contributed by atoms with Gasteiger partial charge in [-0.1, -0.05) is 36.4 Å². The molecule has 0 aliphatic carbocycles. The first-order valence-corrected chi connectivity index (χ1v) is 8.57. The number of amides is 4. The molecule has 4 N–H and O–H groups in total. The largest absolute Gasteiger partial charge is 0.335 e. The zero-order valence-corrected chi connectivity index (χ0v) is 16.1. The summed E-state index contributed by atoms with van der Waals surface area (Å²) < 4.78 is 0. The van der Waals surface area contributed by atoms with Crippen molar-refractivity contribution in [1.82, 2.24) is 21.3 Å². The first-order valence-electron chi connectivity index (χ1n) is 8.57. The van der Waals surface area contributed by atoms with E-state index in [0.29, 0.717) is 13.1 Å². The van der Waals surface area contributed by atoms with E-state index in [1.165, 1.54) is 0 Å². The number of carbonyl (C=O) groups is 2. The first kappa shape index (κ1) is 21.3. The molecule has 4 amide bonds. The van der Waals surface area contributed by atoms with Crippen molar-refractivity contribution < 1.29 is 9.59 Å². The topological polar surface area (TPSA) is 82.3 Å². The molecular formula is C20H30N4O2. The quantitative estimate of drug-likeness (QED) is 0.539. The summed E-state index contributed by atoms with van der Waals surface area (Å²) in [6.45, 7) is 15.7. The Kier molecular flexibility index (Phi) is 7.43. The van der Waals surface area contributed by atoms with Gasteiger partial charge < -0.3 is 21.3 Å². The number of carbonyl (C=O) groups excluding carboxylic acids is 2. The second-order valence-electron chi connectivity index (χ2n) is 7.08. The Bertz CT molecular complexity index is 612. The van der Waals surface area contributed by atoms with Crippen molar-refractivity contribution in [2.75, 3.05) is 13.1 Å². The standard InChI is InChI=1S/C20H30N4O2/c1-7-12-21-17(25)23-19(3,4)15-10-9-11-16(14-15)20(5,6)24-18(26)22-13-8-2/h7-11,14H,1-2,12-13H2,3-6H3,(H2,21,23,25)(H2,22,24,26). The fraction of sp³-hybridized carbons (Fsp3) is 0.400. The van der Waals surface area contributed by atoms with Gasteiger partial charge in [0.15, 0.2) is 0 Å². The Balaban J connectivity index is 2.94. The van der Waals surface area contributed by atoms with Gasteiger partial charge in [0.05, 0.1) is 11.1 Å². The van der Waals surface area contributed by atoms with Gasteiger partial charge in [0.25, 0.3) is 0 Å². The average Bonchev–Trinajstić information content (AvgIpc) is 2.57. The van der Waals surface area contributed by atoms with Crippen molar-refractivity contribution >= 4 is 12.1 Å². The molecule has 1 rings (SSSR count). The van der Waals surface area contributed by atoms with Crippen molar-refractivity contribution in [2.24, 2.45) is 0 Å². The van der Waals surface area contributed by atoms with Gasteiger partial charge in [-0.2, -0.15) is 0 Å². The van der Waals surface area contributed by atoms with E-state index >= 15 is 0 Å². The third kappa shape index (κ3) is 6.27. The number of hydrogen-bond acceptors (Lipinski definition) is 2. The fourth-order valence-corrected chi connectivity index (χ4v) is 2.43. The lowest BCUT2D eigenvalue weighted by Gasteiger charge is -2.31. The number of hydrogen-bond donors (Lipinski definition) is 4. The van der Waals surface area contributed by atoms with Crippen LogP contribution in [0.5, 0.6) is 0 Å². The molecule has 1 aromatic carbocycles. The number of nitrogens with one attached hydrogen (secondary N) is 4. The lowest BCUT2D eigenvalue weighted by atomic mass is 9.87. The van der Waals surface area contributed by atoms with Crippen LogP contribution in [0.1, 0.15) is 38.8 Å². The van der Waals surface area contributed by atoms with Crippen LogP contribution in [0.2, 0.25) is 0 Å². The Labute approximate surface area is 156 Å². The Morgan fingerprint density at radius 3 is 1.62 bits per heavy atom. The van der Waals surface area contributed by atoms with E-state index in [1.54, 1.807) is 12.2 Å². The number of rotatable bonds is 8. The predicted molar refractivity (Wildman–Crippen MR) is 106 cm³/mol. The molecule has 6 nitrogen and oxygen atoms in total. The molecular weight excluding hydrogens is 328 g/mol. The van der Waals surface area contributed by atoms with Gasteiger partial charge in [-0.05, 0) is 38.8 Å². The summed E-state index contributed by atoms with van der Waals surface area (Å²) in [6, 6.07) is 7.28. The monoisotopic (exact) mass is 358 g/mol. The molecule has 0 fully saturated rings. The van der Waals surface area contributed by atoms with E-state index < -0.39 is 11.1 Å². The molecule has 0 spiro atoms. The van der Waals surface area contributed by atoms with Crippen LogP contribution in [0.15, 0.2) is 49.6 Å². The van der Waals surface area contributed by atoms with Gasteiger partial charge >= 0.3 is 12.1 Å².